The highest BCUT2D eigenvalue weighted by Gasteiger charge is 2.17. The number of ketones is 1. The van der Waals surface area contributed by atoms with Crippen LogP contribution < -0.4 is 0 Å². The monoisotopic (exact) mass is 366 g/mol. The summed E-state index contributed by atoms with van der Waals surface area (Å²) in [7, 11) is 0. The average Bonchev–Trinajstić information content (AvgIpc) is 2.76. The molecule has 1 heterocycles. The number of aromatic nitrogens is 2. The number of hydrogen-bond donors (Lipinski definition) is 2. The quantitative estimate of drug-likeness (QED) is 0.207. The van der Waals surface area contributed by atoms with Crippen molar-refractivity contribution in [2.24, 2.45) is 0 Å². The molecule has 0 aliphatic heterocycles. The molecular formula is C23H14N2O3. The predicted molar refractivity (Wildman–Crippen MR) is 108 cm³/mol. The summed E-state index contributed by atoms with van der Waals surface area (Å²) >= 11 is 0. The van der Waals surface area contributed by atoms with Crippen LogP contribution in [0.4, 0.5) is 0 Å². The Balaban J connectivity index is 1.77. The van der Waals surface area contributed by atoms with Gasteiger partial charge >= 0.3 is 0 Å². The Morgan fingerprint density at radius 2 is 1.32 bits per heavy atom. The molecule has 0 saturated heterocycles. The van der Waals surface area contributed by atoms with Crippen LogP contribution in [0.2, 0.25) is 0 Å². The van der Waals surface area contributed by atoms with Gasteiger partial charge in [0.15, 0.2) is 17.3 Å². The van der Waals surface area contributed by atoms with E-state index >= 15 is 0 Å². The summed E-state index contributed by atoms with van der Waals surface area (Å²) in [5.74, 6) is -0.661. The highest BCUT2D eigenvalue weighted by molar-refractivity contribution is 6.13. The van der Waals surface area contributed by atoms with Crippen LogP contribution in [-0.4, -0.2) is 26.0 Å². The molecule has 134 valence electrons. The van der Waals surface area contributed by atoms with Gasteiger partial charge in [0.25, 0.3) is 0 Å². The summed E-state index contributed by atoms with van der Waals surface area (Å²) in [5.41, 5.74) is 2.85. The van der Waals surface area contributed by atoms with Crippen molar-refractivity contribution in [3.8, 4) is 11.5 Å². The molecule has 0 radical (unpaired) electrons. The lowest BCUT2D eigenvalue weighted by Crippen LogP contribution is -2.01. The number of aromatic hydroxyl groups is 2. The summed E-state index contributed by atoms with van der Waals surface area (Å²) in [6.07, 6.45) is 0. The smallest absolute Gasteiger partial charge is 0.193 e. The Hall–Kier alpha value is -3.99. The molecule has 5 aromatic rings. The molecule has 0 unspecified atom stereocenters. The molecule has 5 nitrogen and oxygen atoms in total. The van der Waals surface area contributed by atoms with E-state index in [0.29, 0.717) is 38.4 Å². The summed E-state index contributed by atoms with van der Waals surface area (Å²) in [5, 5.41) is 22.0. The molecule has 5 rings (SSSR count). The summed E-state index contributed by atoms with van der Waals surface area (Å²) in [4.78, 5) is 21.8. The van der Waals surface area contributed by atoms with Crippen LogP contribution in [0.5, 0.6) is 11.5 Å². The second kappa shape index (κ2) is 6.03. The van der Waals surface area contributed by atoms with Crippen molar-refractivity contribution in [3.05, 3.63) is 83.9 Å². The number of phenols is 2. The molecule has 0 aliphatic rings. The minimum atomic E-state index is -0.317. The van der Waals surface area contributed by atoms with Gasteiger partial charge in [-0.25, -0.2) is 9.97 Å². The maximum absolute atomic E-state index is 12.7. The van der Waals surface area contributed by atoms with E-state index in [-0.39, 0.29) is 22.8 Å². The number of hydrogen-bond acceptors (Lipinski definition) is 5. The number of benzene rings is 4. The number of nitrogens with zero attached hydrogens (tertiary/aromatic N) is 2. The zero-order valence-electron chi connectivity index (χ0n) is 14.6. The topological polar surface area (TPSA) is 83.3 Å². The Labute approximate surface area is 159 Å². The van der Waals surface area contributed by atoms with Crippen LogP contribution in [0.1, 0.15) is 15.9 Å². The second-order valence-corrected chi connectivity index (χ2v) is 6.56. The zero-order valence-corrected chi connectivity index (χ0v) is 14.6. The first-order valence-electron chi connectivity index (χ1n) is 8.77. The SMILES string of the molecule is O=C(c1ccccc1)c1ccc2nc3c(nc2c1)c(O)c(O)c1ccccc13. The third-order valence-electron chi connectivity index (χ3n) is 4.85. The number of rotatable bonds is 2. The van der Waals surface area contributed by atoms with Crippen molar-refractivity contribution >= 4 is 38.6 Å². The number of phenolic OH excluding ortho intramolecular Hbond substituents is 2. The van der Waals surface area contributed by atoms with E-state index < -0.39 is 0 Å². The van der Waals surface area contributed by atoms with E-state index in [1.807, 2.05) is 30.3 Å². The maximum Gasteiger partial charge on any atom is 0.193 e. The van der Waals surface area contributed by atoms with Crippen molar-refractivity contribution in [3.63, 3.8) is 0 Å². The first-order chi connectivity index (χ1) is 13.6. The van der Waals surface area contributed by atoms with Gasteiger partial charge in [-0.05, 0) is 18.2 Å². The molecule has 2 N–H and O–H groups in total. The zero-order chi connectivity index (χ0) is 19.3. The Bertz CT molecular complexity index is 1400. The molecule has 0 saturated carbocycles. The summed E-state index contributed by atoms with van der Waals surface area (Å²) in [6.45, 7) is 0. The molecule has 28 heavy (non-hydrogen) atoms. The van der Waals surface area contributed by atoms with E-state index in [2.05, 4.69) is 9.97 Å². The van der Waals surface area contributed by atoms with Crippen LogP contribution in [0.3, 0.4) is 0 Å². The Kier molecular flexibility index (Phi) is 3.49. The second-order valence-electron chi connectivity index (χ2n) is 6.56. The maximum atomic E-state index is 12.7. The molecule has 1 aromatic heterocycles. The highest BCUT2D eigenvalue weighted by Crippen LogP contribution is 2.40. The molecule has 0 bridgehead atoms. The van der Waals surface area contributed by atoms with Gasteiger partial charge in [0, 0.05) is 21.9 Å². The lowest BCUT2D eigenvalue weighted by Gasteiger charge is -2.10. The summed E-state index contributed by atoms with van der Waals surface area (Å²) < 4.78 is 0. The number of carbonyl (C=O) groups excluding carboxylic acids is 1. The van der Waals surface area contributed by atoms with Crippen LogP contribution in [-0.2, 0) is 0 Å². The molecule has 0 spiro atoms. The van der Waals surface area contributed by atoms with Crippen molar-refractivity contribution in [1.82, 2.24) is 9.97 Å². The Morgan fingerprint density at radius 1 is 0.643 bits per heavy atom. The van der Waals surface area contributed by atoms with Gasteiger partial charge in [-0.3, -0.25) is 4.79 Å². The van der Waals surface area contributed by atoms with Crippen LogP contribution >= 0.6 is 0 Å². The fourth-order valence-electron chi connectivity index (χ4n) is 3.44. The highest BCUT2D eigenvalue weighted by atomic mass is 16.3. The van der Waals surface area contributed by atoms with Gasteiger partial charge in [-0.15, -0.1) is 0 Å². The largest absolute Gasteiger partial charge is 0.504 e. The number of carbonyl (C=O) groups is 1. The van der Waals surface area contributed by atoms with Gasteiger partial charge in [0.05, 0.1) is 11.0 Å². The van der Waals surface area contributed by atoms with E-state index in [1.165, 1.54) is 0 Å². The Morgan fingerprint density at radius 3 is 2.11 bits per heavy atom. The lowest BCUT2D eigenvalue weighted by molar-refractivity contribution is 0.103. The van der Waals surface area contributed by atoms with E-state index in [4.69, 9.17) is 0 Å². The first kappa shape index (κ1) is 16.2. The fourth-order valence-corrected chi connectivity index (χ4v) is 3.44. The van der Waals surface area contributed by atoms with E-state index in [9.17, 15) is 15.0 Å². The standard InChI is InChI=1S/C23H14N2O3/c26-21(13-6-2-1-3-7-13)14-10-11-17-18(12-14)25-20-19(24-17)15-8-4-5-9-16(15)22(27)23(20)28/h1-12,27-28H. The third kappa shape index (κ3) is 2.37. The molecular weight excluding hydrogens is 352 g/mol. The molecule has 4 aromatic carbocycles. The summed E-state index contributed by atoms with van der Waals surface area (Å²) in [6, 6.07) is 21.3. The first-order valence-corrected chi connectivity index (χ1v) is 8.77. The van der Waals surface area contributed by atoms with Crippen molar-refractivity contribution in [2.45, 2.75) is 0 Å². The van der Waals surface area contributed by atoms with E-state index in [1.54, 1.807) is 42.5 Å². The van der Waals surface area contributed by atoms with Crippen molar-refractivity contribution in [2.75, 3.05) is 0 Å². The van der Waals surface area contributed by atoms with Gasteiger partial charge in [-0.2, -0.15) is 0 Å². The minimum Gasteiger partial charge on any atom is -0.504 e. The van der Waals surface area contributed by atoms with Gasteiger partial charge < -0.3 is 10.2 Å². The van der Waals surface area contributed by atoms with Crippen LogP contribution in [0, 0.1) is 0 Å². The van der Waals surface area contributed by atoms with Crippen LogP contribution in [0.15, 0.2) is 72.8 Å². The molecule has 0 atom stereocenters. The average molecular weight is 366 g/mol. The fraction of sp³-hybridized carbons (Fsp3) is 0. The van der Waals surface area contributed by atoms with Crippen molar-refractivity contribution in [1.29, 1.82) is 0 Å². The van der Waals surface area contributed by atoms with Crippen molar-refractivity contribution < 1.29 is 15.0 Å². The third-order valence-corrected chi connectivity index (χ3v) is 4.85. The molecule has 0 amide bonds. The molecule has 5 heteroatoms. The lowest BCUT2D eigenvalue weighted by atomic mass is 10.0. The molecule has 0 fully saturated rings. The van der Waals surface area contributed by atoms with Gasteiger partial charge in [0.1, 0.15) is 11.0 Å². The molecule has 0 aliphatic carbocycles. The normalized spacial score (nSPS) is 11.3. The van der Waals surface area contributed by atoms with Crippen LogP contribution in [0.25, 0.3) is 32.8 Å². The number of fused-ring (bicyclic) bond motifs is 4. The van der Waals surface area contributed by atoms with Gasteiger partial charge in [0.2, 0.25) is 0 Å². The minimum absolute atomic E-state index is 0.116. The predicted octanol–water partition coefficient (Wildman–Crippen LogP) is 4.58. The van der Waals surface area contributed by atoms with E-state index in [0.717, 1.165) is 0 Å². The van der Waals surface area contributed by atoms with Gasteiger partial charge in [-0.1, -0.05) is 54.6 Å².